The Labute approximate surface area is 317 Å². The van der Waals surface area contributed by atoms with Crippen molar-refractivity contribution in [1.29, 1.82) is 0 Å². The molecular weight excluding hydrogens is 671 g/mol. The molecule has 0 radical (unpaired) electrons. The number of hydrogen-bond acceptors (Lipinski definition) is 3. The van der Waals surface area contributed by atoms with Crippen LogP contribution in [0.15, 0.2) is 209 Å². The number of benzene rings is 9. The quantitative estimate of drug-likeness (QED) is 0.173. The smallest absolute Gasteiger partial charge is 0.143 e. The van der Waals surface area contributed by atoms with Gasteiger partial charge >= 0.3 is 0 Å². The third-order valence-electron chi connectivity index (χ3n) is 10.9. The lowest BCUT2D eigenvalue weighted by Crippen LogP contribution is -2.10. The zero-order chi connectivity index (χ0) is 36.3. The lowest BCUT2D eigenvalue weighted by Gasteiger charge is -2.26. The van der Waals surface area contributed by atoms with Crippen LogP contribution in [0.2, 0.25) is 0 Å². The predicted molar refractivity (Wildman–Crippen MR) is 229 cm³/mol. The van der Waals surface area contributed by atoms with Gasteiger partial charge < -0.3 is 13.7 Å². The molecule has 0 fully saturated rings. The summed E-state index contributed by atoms with van der Waals surface area (Å²) in [6.07, 6.45) is 0. The molecule has 11 aromatic rings. The Morgan fingerprint density at radius 1 is 0.309 bits per heavy atom. The van der Waals surface area contributed by atoms with E-state index in [9.17, 15) is 0 Å². The summed E-state index contributed by atoms with van der Waals surface area (Å²) in [7, 11) is 0. The zero-order valence-electron chi connectivity index (χ0n) is 29.8. The van der Waals surface area contributed by atoms with E-state index in [2.05, 4.69) is 193 Å². The summed E-state index contributed by atoms with van der Waals surface area (Å²) in [5.41, 5.74) is 13.5. The van der Waals surface area contributed by atoms with Crippen LogP contribution in [0.25, 0.3) is 88.0 Å². The number of hydrogen-bond donors (Lipinski definition) is 0. The van der Waals surface area contributed by atoms with Crippen LogP contribution in [0.4, 0.5) is 17.1 Å². The summed E-state index contributed by atoms with van der Waals surface area (Å²) in [5.74, 6) is 0. The van der Waals surface area contributed by atoms with E-state index in [1.807, 2.05) is 12.1 Å². The van der Waals surface area contributed by atoms with E-state index >= 15 is 0 Å². The zero-order valence-corrected chi connectivity index (χ0v) is 29.8. The molecule has 3 heteroatoms. The van der Waals surface area contributed by atoms with Crippen LogP contribution in [0, 0.1) is 0 Å². The summed E-state index contributed by atoms with van der Waals surface area (Å²) in [6.45, 7) is 0. The Morgan fingerprint density at radius 3 is 1.47 bits per heavy atom. The van der Waals surface area contributed by atoms with Crippen molar-refractivity contribution < 1.29 is 8.83 Å². The van der Waals surface area contributed by atoms with Gasteiger partial charge in [0, 0.05) is 38.5 Å². The summed E-state index contributed by atoms with van der Waals surface area (Å²) in [5, 5.41) is 6.52. The Kier molecular flexibility index (Phi) is 7.17. The van der Waals surface area contributed by atoms with E-state index in [1.165, 1.54) is 22.3 Å². The van der Waals surface area contributed by atoms with Gasteiger partial charge in [0.05, 0.1) is 11.1 Å². The molecule has 0 saturated carbocycles. The second-order valence-corrected chi connectivity index (χ2v) is 14.0. The first-order valence-corrected chi connectivity index (χ1v) is 18.7. The summed E-state index contributed by atoms with van der Waals surface area (Å²) < 4.78 is 13.5. The number of anilines is 3. The van der Waals surface area contributed by atoms with E-state index < -0.39 is 0 Å². The number of nitrogens with zero attached hydrogens (tertiary/aromatic N) is 1. The van der Waals surface area contributed by atoms with Crippen LogP contribution in [-0.4, -0.2) is 0 Å². The molecule has 0 bridgehead atoms. The monoisotopic (exact) mass is 703 g/mol. The average Bonchev–Trinajstić information content (AvgIpc) is 3.84. The van der Waals surface area contributed by atoms with E-state index in [1.54, 1.807) is 0 Å². The second kappa shape index (κ2) is 12.6. The molecular formula is C52H33NO2. The molecule has 2 heterocycles. The standard InChI is InChI=1S/C52H33NO2/c1-3-13-34(14-4-1)36-25-29-38(30-26-36)53(39-31-27-37(28-32-39)35-15-5-2-6-16-35)47-22-12-24-49-50(47)46-33-45(40-17-7-8-19-42(40)52(46)55-49)44-21-11-20-43-41-18-9-10-23-48(41)54-51(43)44/h1-33H. The van der Waals surface area contributed by atoms with Gasteiger partial charge in [-0.05, 0) is 81.7 Å². The fourth-order valence-corrected chi connectivity index (χ4v) is 8.29. The molecule has 55 heavy (non-hydrogen) atoms. The van der Waals surface area contributed by atoms with E-state index in [0.717, 1.165) is 82.8 Å². The Balaban J connectivity index is 1.16. The van der Waals surface area contributed by atoms with Gasteiger partial charge in [-0.15, -0.1) is 0 Å². The molecule has 2 aromatic heterocycles. The van der Waals surface area contributed by atoms with Crippen LogP contribution in [0.5, 0.6) is 0 Å². The SMILES string of the molecule is c1ccc(-c2ccc(N(c3ccc(-c4ccccc4)cc3)c3cccc4oc5c6ccccc6c(-c6cccc7c6oc6ccccc67)cc5c34)cc2)cc1. The largest absolute Gasteiger partial charge is 0.455 e. The summed E-state index contributed by atoms with van der Waals surface area (Å²) in [6, 6.07) is 70.8. The molecule has 11 rings (SSSR count). The first-order valence-electron chi connectivity index (χ1n) is 18.7. The molecule has 0 N–H and O–H groups in total. The third-order valence-corrected chi connectivity index (χ3v) is 10.9. The van der Waals surface area contributed by atoms with Crippen molar-refractivity contribution >= 4 is 71.7 Å². The highest BCUT2D eigenvalue weighted by Crippen LogP contribution is 2.48. The van der Waals surface area contributed by atoms with Gasteiger partial charge in [0.15, 0.2) is 0 Å². The minimum absolute atomic E-state index is 0.837. The number of furan rings is 2. The Morgan fingerprint density at radius 2 is 0.800 bits per heavy atom. The fourth-order valence-electron chi connectivity index (χ4n) is 8.29. The van der Waals surface area contributed by atoms with Crippen LogP contribution < -0.4 is 4.90 Å². The minimum atomic E-state index is 0.837. The van der Waals surface area contributed by atoms with Crippen LogP contribution in [0.1, 0.15) is 0 Å². The average molecular weight is 704 g/mol. The molecule has 0 spiro atoms. The topological polar surface area (TPSA) is 29.5 Å². The van der Waals surface area contributed by atoms with Crippen molar-refractivity contribution in [2.75, 3.05) is 4.90 Å². The van der Waals surface area contributed by atoms with Gasteiger partial charge in [-0.25, -0.2) is 0 Å². The maximum atomic E-state index is 6.86. The van der Waals surface area contributed by atoms with Gasteiger partial charge in [-0.1, -0.05) is 152 Å². The molecule has 0 aliphatic rings. The van der Waals surface area contributed by atoms with Gasteiger partial charge in [0.25, 0.3) is 0 Å². The van der Waals surface area contributed by atoms with Crippen molar-refractivity contribution in [3.63, 3.8) is 0 Å². The summed E-state index contributed by atoms with van der Waals surface area (Å²) in [4.78, 5) is 2.36. The fraction of sp³-hybridized carbons (Fsp3) is 0. The highest BCUT2D eigenvalue weighted by atomic mass is 16.3. The van der Waals surface area contributed by atoms with Gasteiger partial charge in [-0.3, -0.25) is 0 Å². The molecule has 258 valence electrons. The molecule has 0 unspecified atom stereocenters. The first kappa shape index (κ1) is 31.2. The van der Waals surface area contributed by atoms with E-state index in [0.29, 0.717) is 0 Å². The minimum Gasteiger partial charge on any atom is -0.455 e. The van der Waals surface area contributed by atoms with Crippen LogP contribution in [0.3, 0.4) is 0 Å². The Bertz CT molecular complexity index is 3090. The molecule has 0 aliphatic heterocycles. The maximum Gasteiger partial charge on any atom is 0.143 e. The number of para-hydroxylation sites is 2. The number of fused-ring (bicyclic) bond motifs is 8. The van der Waals surface area contributed by atoms with Crippen molar-refractivity contribution in [1.82, 2.24) is 0 Å². The lowest BCUT2D eigenvalue weighted by atomic mass is 9.94. The van der Waals surface area contributed by atoms with Crippen LogP contribution >= 0.6 is 0 Å². The Hall–Kier alpha value is -7.36. The molecule has 3 nitrogen and oxygen atoms in total. The molecule has 0 saturated heterocycles. The van der Waals surface area contributed by atoms with Crippen molar-refractivity contribution in [3.8, 4) is 33.4 Å². The second-order valence-electron chi connectivity index (χ2n) is 14.0. The van der Waals surface area contributed by atoms with E-state index in [4.69, 9.17) is 8.83 Å². The van der Waals surface area contributed by atoms with Crippen LogP contribution in [-0.2, 0) is 0 Å². The highest BCUT2D eigenvalue weighted by Gasteiger charge is 2.23. The lowest BCUT2D eigenvalue weighted by molar-refractivity contribution is 0.670. The summed E-state index contributed by atoms with van der Waals surface area (Å²) >= 11 is 0. The van der Waals surface area contributed by atoms with E-state index in [-0.39, 0.29) is 0 Å². The van der Waals surface area contributed by atoms with Crippen molar-refractivity contribution in [2.24, 2.45) is 0 Å². The molecule has 0 atom stereocenters. The van der Waals surface area contributed by atoms with Crippen molar-refractivity contribution in [2.45, 2.75) is 0 Å². The highest BCUT2D eigenvalue weighted by molar-refractivity contribution is 6.24. The van der Waals surface area contributed by atoms with Gasteiger partial charge in [0.2, 0.25) is 0 Å². The normalized spacial score (nSPS) is 11.6. The third kappa shape index (κ3) is 5.13. The first-order chi connectivity index (χ1) is 27.3. The maximum absolute atomic E-state index is 6.86. The van der Waals surface area contributed by atoms with Gasteiger partial charge in [0.1, 0.15) is 22.3 Å². The molecule has 9 aromatic carbocycles. The predicted octanol–water partition coefficient (Wildman–Crippen LogP) is 15.1. The molecule has 0 aliphatic carbocycles. The molecule has 0 amide bonds. The van der Waals surface area contributed by atoms with Gasteiger partial charge in [-0.2, -0.15) is 0 Å². The van der Waals surface area contributed by atoms with Crippen molar-refractivity contribution in [3.05, 3.63) is 200 Å². The number of rotatable bonds is 6.